The fourth-order valence-corrected chi connectivity index (χ4v) is 3.24. The summed E-state index contributed by atoms with van der Waals surface area (Å²) in [5.41, 5.74) is -0.408. The van der Waals surface area contributed by atoms with Gasteiger partial charge in [0.15, 0.2) is 5.75 Å². The third-order valence-corrected chi connectivity index (χ3v) is 4.64. The summed E-state index contributed by atoms with van der Waals surface area (Å²) in [6.45, 7) is 3.27. The van der Waals surface area contributed by atoms with Crippen LogP contribution in [0.25, 0.3) is 5.70 Å². The van der Waals surface area contributed by atoms with Crippen LogP contribution < -0.4 is 15.4 Å². The molecule has 1 unspecified atom stereocenters. The van der Waals surface area contributed by atoms with E-state index in [-0.39, 0.29) is 16.8 Å². The van der Waals surface area contributed by atoms with Crippen molar-refractivity contribution in [1.82, 2.24) is 10.6 Å². The van der Waals surface area contributed by atoms with Crippen molar-refractivity contribution >= 4 is 23.4 Å². The van der Waals surface area contributed by atoms with E-state index in [4.69, 9.17) is 9.47 Å². The van der Waals surface area contributed by atoms with E-state index in [9.17, 15) is 29.9 Å². The van der Waals surface area contributed by atoms with Crippen LogP contribution in [0.3, 0.4) is 0 Å². The van der Waals surface area contributed by atoms with E-state index in [2.05, 4.69) is 10.6 Å². The van der Waals surface area contributed by atoms with Crippen molar-refractivity contribution < 1.29 is 34.2 Å². The summed E-state index contributed by atoms with van der Waals surface area (Å²) in [5.74, 6) is -1.57. The van der Waals surface area contributed by atoms with Crippen LogP contribution in [0.15, 0.2) is 42.0 Å². The second-order valence-electron chi connectivity index (χ2n) is 7.16. The number of hydrogen-bond donors (Lipinski definition) is 4. The van der Waals surface area contributed by atoms with Gasteiger partial charge in [-0.05, 0) is 43.7 Å². The van der Waals surface area contributed by atoms with Crippen molar-refractivity contribution in [3.05, 3.63) is 63.2 Å². The maximum atomic E-state index is 13.0. The summed E-state index contributed by atoms with van der Waals surface area (Å²) in [7, 11) is 1.49. The molecule has 0 bridgehead atoms. The first-order chi connectivity index (χ1) is 15.1. The van der Waals surface area contributed by atoms with Gasteiger partial charge in [0.05, 0.1) is 35.4 Å². The van der Waals surface area contributed by atoms with Gasteiger partial charge in [0.2, 0.25) is 0 Å². The number of esters is 1. The van der Waals surface area contributed by atoms with Crippen molar-refractivity contribution in [2.24, 2.45) is 0 Å². The van der Waals surface area contributed by atoms with E-state index >= 15 is 0 Å². The van der Waals surface area contributed by atoms with Crippen LogP contribution in [-0.4, -0.2) is 40.4 Å². The number of hydrogen-bond acceptors (Lipinski definition) is 8. The van der Waals surface area contributed by atoms with E-state index < -0.39 is 46.3 Å². The van der Waals surface area contributed by atoms with Gasteiger partial charge < -0.3 is 30.3 Å². The quantitative estimate of drug-likeness (QED) is 0.301. The predicted octanol–water partition coefficient (Wildman–Crippen LogP) is 2.73. The van der Waals surface area contributed by atoms with Gasteiger partial charge in [-0.15, -0.1) is 0 Å². The molecule has 0 fully saturated rings. The molecule has 0 saturated heterocycles. The fraction of sp³-hybridized carbons (Fsp3) is 0.238. The molecule has 1 heterocycles. The molecule has 32 heavy (non-hydrogen) atoms. The number of nitrogens with zero attached hydrogens (tertiary/aromatic N) is 1. The van der Waals surface area contributed by atoms with E-state index in [0.717, 1.165) is 12.1 Å². The van der Waals surface area contributed by atoms with Crippen LogP contribution in [0.2, 0.25) is 0 Å². The molecular formula is C21H21N3O8. The Kier molecular flexibility index (Phi) is 6.19. The highest BCUT2D eigenvalue weighted by Crippen LogP contribution is 2.41. The van der Waals surface area contributed by atoms with Crippen LogP contribution in [0.1, 0.15) is 31.0 Å². The average Bonchev–Trinajstić information content (AvgIpc) is 2.72. The molecule has 2 amide bonds. The third kappa shape index (κ3) is 4.41. The number of phenols is 2. The number of carbonyl (C=O) groups is 2. The second-order valence-corrected chi connectivity index (χ2v) is 7.16. The number of phenolic OH excluding ortho intramolecular Hbond substituents is 2. The first-order valence-corrected chi connectivity index (χ1v) is 9.49. The normalized spacial score (nSPS) is 15.8. The predicted molar refractivity (Wildman–Crippen MR) is 112 cm³/mol. The van der Waals surface area contributed by atoms with Crippen LogP contribution in [0.5, 0.6) is 17.2 Å². The third-order valence-electron chi connectivity index (χ3n) is 4.64. The summed E-state index contributed by atoms with van der Waals surface area (Å²) in [5, 5.41) is 36.5. The van der Waals surface area contributed by atoms with Gasteiger partial charge in [0.25, 0.3) is 0 Å². The highest BCUT2D eigenvalue weighted by molar-refractivity contribution is 6.04. The average molecular weight is 443 g/mol. The molecular weight excluding hydrogens is 422 g/mol. The molecule has 0 spiro atoms. The van der Waals surface area contributed by atoms with Crippen molar-refractivity contribution in [3.63, 3.8) is 0 Å². The van der Waals surface area contributed by atoms with Crippen molar-refractivity contribution in [1.29, 1.82) is 0 Å². The summed E-state index contributed by atoms with van der Waals surface area (Å²) < 4.78 is 10.5. The van der Waals surface area contributed by atoms with Crippen LogP contribution in [0.4, 0.5) is 10.5 Å². The second kappa shape index (κ2) is 8.84. The summed E-state index contributed by atoms with van der Waals surface area (Å²) in [4.78, 5) is 35.9. The molecule has 1 atom stereocenters. The van der Waals surface area contributed by atoms with E-state index in [1.165, 1.54) is 7.11 Å². The molecule has 0 saturated carbocycles. The number of nitro benzene ring substituents is 1. The Morgan fingerprint density at radius 2 is 1.81 bits per heavy atom. The molecule has 168 valence electrons. The lowest BCUT2D eigenvalue weighted by Gasteiger charge is -2.30. The molecule has 1 aliphatic rings. The zero-order valence-corrected chi connectivity index (χ0v) is 17.4. The van der Waals surface area contributed by atoms with Gasteiger partial charge in [0, 0.05) is 17.7 Å². The summed E-state index contributed by atoms with van der Waals surface area (Å²) in [6, 6.07) is 6.13. The summed E-state index contributed by atoms with van der Waals surface area (Å²) >= 11 is 0. The Hall–Kier alpha value is -4.28. The zero-order valence-electron chi connectivity index (χ0n) is 17.4. The monoisotopic (exact) mass is 443 g/mol. The Morgan fingerprint density at radius 1 is 1.16 bits per heavy atom. The molecule has 2 aromatic rings. The Labute approximate surface area is 182 Å². The minimum atomic E-state index is -1.30. The van der Waals surface area contributed by atoms with E-state index in [1.807, 2.05) is 0 Å². The lowest BCUT2D eigenvalue weighted by molar-refractivity contribution is -0.386. The van der Waals surface area contributed by atoms with Gasteiger partial charge in [-0.25, -0.2) is 9.59 Å². The largest absolute Gasteiger partial charge is 0.507 e. The van der Waals surface area contributed by atoms with Gasteiger partial charge in [-0.2, -0.15) is 0 Å². The van der Waals surface area contributed by atoms with E-state index in [0.29, 0.717) is 11.3 Å². The minimum absolute atomic E-state index is 0.0845. The van der Waals surface area contributed by atoms with Gasteiger partial charge in [-0.1, -0.05) is 0 Å². The molecule has 11 nitrogen and oxygen atoms in total. The van der Waals surface area contributed by atoms with E-state index in [1.54, 1.807) is 38.1 Å². The van der Waals surface area contributed by atoms with Crippen LogP contribution in [-0.2, 0) is 9.53 Å². The number of urea groups is 1. The topological polar surface area (TPSA) is 160 Å². The number of benzene rings is 2. The van der Waals surface area contributed by atoms with Crippen molar-refractivity contribution in [3.8, 4) is 17.2 Å². The van der Waals surface area contributed by atoms with Gasteiger partial charge in [-0.3, -0.25) is 10.1 Å². The van der Waals surface area contributed by atoms with Crippen molar-refractivity contribution in [2.45, 2.75) is 26.0 Å². The smallest absolute Gasteiger partial charge is 0.338 e. The number of ether oxygens (including phenoxy) is 2. The highest BCUT2D eigenvalue weighted by atomic mass is 16.6. The number of amides is 2. The molecule has 0 aliphatic carbocycles. The standard InChI is InChI=1S/C21H21N3O8/c1-10(2)32-20(27)17-18(11-4-6-12(31-3)7-5-11)22-21(28)23-19(17)13-8-14(24(29)30)16(26)9-15(13)25/h4-10,19,25-26H,1-3H3,(H2,22,23,28). The molecule has 2 aromatic carbocycles. The van der Waals surface area contributed by atoms with Gasteiger partial charge in [0.1, 0.15) is 11.5 Å². The van der Waals surface area contributed by atoms with Crippen LogP contribution >= 0.6 is 0 Å². The fourth-order valence-electron chi connectivity index (χ4n) is 3.24. The van der Waals surface area contributed by atoms with Crippen LogP contribution in [0, 0.1) is 10.1 Å². The Bertz CT molecular complexity index is 1110. The molecule has 3 rings (SSSR count). The Morgan fingerprint density at radius 3 is 2.38 bits per heavy atom. The zero-order chi connectivity index (χ0) is 23.6. The number of rotatable bonds is 6. The number of nitro groups is 1. The maximum Gasteiger partial charge on any atom is 0.338 e. The molecule has 0 radical (unpaired) electrons. The lowest BCUT2D eigenvalue weighted by Crippen LogP contribution is -2.45. The first kappa shape index (κ1) is 22.4. The summed E-state index contributed by atoms with van der Waals surface area (Å²) in [6.07, 6.45) is -0.506. The maximum absolute atomic E-state index is 13.0. The SMILES string of the molecule is COc1ccc(C2=C(C(=O)OC(C)C)C(c3cc([N+](=O)[O-])c(O)cc3O)NC(=O)N2)cc1. The first-order valence-electron chi connectivity index (χ1n) is 9.49. The molecule has 1 aliphatic heterocycles. The number of aromatic hydroxyl groups is 2. The number of carbonyl (C=O) groups excluding carboxylic acids is 2. The lowest BCUT2D eigenvalue weighted by atomic mass is 9.91. The number of nitrogens with one attached hydrogen (secondary N) is 2. The number of methoxy groups -OCH3 is 1. The minimum Gasteiger partial charge on any atom is -0.507 e. The Balaban J connectivity index is 2.25. The van der Waals surface area contributed by atoms with Gasteiger partial charge >= 0.3 is 17.7 Å². The molecule has 0 aromatic heterocycles. The molecule has 11 heteroatoms. The molecule has 4 N–H and O–H groups in total. The van der Waals surface area contributed by atoms with Crippen molar-refractivity contribution in [2.75, 3.05) is 7.11 Å². The highest BCUT2D eigenvalue weighted by Gasteiger charge is 2.37.